The van der Waals surface area contributed by atoms with Crippen LogP contribution in [0, 0.1) is 24.2 Å². The zero-order valence-electron chi connectivity index (χ0n) is 17.3. The molecule has 0 saturated carbocycles. The Bertz CT molecular complexity index is 727. The first-order valence-electron chi connectivity index (χ1n) is 9.80. The molecule has 1 saturated heterocycles. The monoisotopic (exact) mass is 372 g/mol. The van der Waals surface area contributed by atoms with Crippen LogP contribution in [-0.2, 0) is 0 Å². The highest BCUT2D eigenvalue weighted by Gasteiger charge is 2.52. The van der Waals surface area contributed by atoms with Crippen molar-refractivity contribution in [1.82, 2.24) is 9.88 Å². The second-order valence-corrected chi connectivity index (χ2v) is 8.32. The molecule has 1 aromatic heterocycles. The van der Waals surface area contributed by atoms with Crippen molar-refractivity contribution in [1.29, 1.82) is 0 Å². The van der Waals surface area contributed by atoms with Crippen molar-refractivity contribution in [2.45, 2.75) is 72.3 Å². The number of carboxylic acid groups (broad SMARTS) is 1. The maximum Gasteiger partial charge on any atom is 0.407 e. The minimum absolute atomic E-state index is 0.235. The third-order valence-electron chi connectivity index (χ3n) is 5.51. The summed E-state index contributed by atoms with van der Waals surface area (Å²) < 4.78 is 6.16. The summed E-state index contributed by atoms with van der Waals surface area (Å²) in [5, 5.41) is 9.69. The number of rotatable bonds is 5. The lowest BCUT2D eigenvalue weighted by atomic mass is 9.72. The summed E-state index contributed by atoms with van der Waals surface area (Å²) in [7, 11) is 0. The number of unbranched alkanes of at least 4 members (excludes halogenated alkanes) is 2. The quantitative estimate of drug-likeness (QED) is 0.592. The van der Waals surface area contributed by atoms with Gasteiger partial charge in [-0.15, -0.1) is 0 Å². The molecule has 2 heterocycles. The number of likely N-dealkylation sites (tertiary alicyclic amines) is 1. The molecule has 0 spiro atoms. The Morgan fingerprint density at radius 2 is 2.19 bits per heavy atom. The van der Waals surface area contributed by atoms with Gasteiger partial charge in [-0.3, -0.25) is 9.88 Å². The Balaban J connectivity index is 2.22. The van der Waals surface area contributed by atoms with Crippen LogP contribution in [0.1, 0.15) is 71.1 Å². The van der Waals surface area contributed by atoms with E-state index in [4.69, 9.17) is 4.74 Å². The second kappa shape index (κ2) is 8.65. The molecule has 0 aliphatic carbocycles. The highest BCUT2D eigenvalue weighted by Crippen LogP contribution is 2.44. The van der Waals surface area contributed by atoms with Crippen LogP contribution in [0.2, 0.25) is 0 Å². The minimum atomic E-state index is -0.878. The minimum Gasteiger partial charge on any atom is -0.489 e. The smallest absolute Gasteiger partial charge is 0.407 e. The van der Waals surface area contributed by atoms with Gasteiger partial charge in [0.2, 0.25) is 0 Å². The molecule has 1 atom stereocenters. The lowest BCUT2D eigenvalue weighted by Gasteiger charge is -2.46. The molecule has 5 heteroatoms. The average Bonchev–Trinajstić information content (AvgIpc) is 3.04. The molecule has 2 rings (SSSR count). The summed E-state index contributed by atoms with van der Waals surface area (Å²) in [4.78, 5) is 17.8. The third-order valence-corrected chi connectivity index (χ3v) is 5.51. The van der Waals surface area contributed by atoms with Crippen molar-refractivity contribution in [3.63, 3.8) is 0 Å². The second-order valence-electron chi connectivity index (χ2n) is 8.32. The number of ether oxygens (including phenoxy) is 1. The van der Waals surface area contributed by atoms with Gasteiger partial charge in [0.05, 0.1) is 11.2 Å². The Labute approximate surface area is 163 Å². The summed E-state index contributed by atoms with van der Waals surface area (Å²) in [6.45, 7) is 11.2. The average molecular weight is 373 g/mol. The molecule has 0 radical (unpaired) electrons. The highest BCUT2D eigenvalue weighted by molar-refractivity contribution is 5.67. The van der Waals surface area contributed by atoms with Gasteiger partial charge in [-0.1, -0.05) is 46.0 Å². The molecular formula is C22H32N2O3. The topological polar surface area (TPSA) is 62.7 Å². The predicted octanol–water partition coefficient (Wildman–Crippen LogP) is 4.87. The fourth-order valence-corrected chi connectivity index (χ4v) is 3.66. The predicted molar refractivity (Wildman–Crippen MR) is 107 cm³/mol. The van der Waals surface area contributed by atoms with Crippen LogP contribution in [0.3, 0.4) is 0 Å². The number of pyridine rings is 1. The highest BCUT2D eigenvalue weighted by atomic mass is 16.5. The molecule has 1 N–H and O–H groups in total. The molecule has 1 aliphatic rings. The Morgan fingerprint density at radius 1 is 1.44 bits per heavy atom. The molecule has 1 fully saturated rings. The zero-order valence-corrected chi connectivity index (χ0v) is 17.3. The van der Waals surface area contributed by atoms with Gasteiger partial charge in [0, 0.05) is 24.7 Å². The number of hydrogen-bond donors (Lipinski definition) is 1. The van der Waals surface area contributed by atoms with E-state index in [1.54, 1.807) is 11.1 Å². The summed E-state index contributed by atoms with van der Waals surface area (Å²) >= 11 is 0. The summed E-state index contributed by atoms with van der Waals surface area (Å²) in [5.74, 6) is 6.99. The van der Waals surface area contributed by atoms with Gasteiger partial charge < -0.3 is 9.84 Å². The van der Waals surface area contributed by atoms with Crippen LogP contribution in [0.15, 0.2) is 12.3 Å². The first kappa shape index (κ1) is 21.1. The van der Waals surface area contributed by atoms with Gasteiger partial charge in [-0.25, -0.2) is 4.79 Å². The third kappa shape index (κ3) is 4.74. The molecule has 1 amide bonds. The number of aromatic nitrogens is 1. The molecule has 148 valence electrons. The molecule has 0 aromatic carbocycles. The van der Waals surface area contributed by atoms with Crippen LogP contribution >= 0.6 is 0 Å². The van der Waals surface area contributed by atoms with Gasteiger partial charge in [-0.2, -0.15) is 0 Å². The summed E-state index contributed by atoms with van der Waals surface area (Å²) in [6.07, 6.45) is 5.63. The Kier molecular flexibility index (Phi) is 6.75. The van der Waals surface area contributed by atoms with Crippen LogP contribution in [0.5, 0.6) is 5.75 Å². The number of hydrogen-bond acceptors (Lipinski definition) is 3. The maximum atomic E-state index is 11.8. The number of nitrogens with zero attached hydrogens (tertiary/aromatic N) is 2. The van der Waals surface area contributed by atoms with Gasteiger partial charge in [-0.05, 0) is 37.7 Å². The Morgan fingerprint density at radius 3 is 2.81 bits per heavy atom. The van der Waals surface area contributed by atoms with E-state index in [9.17, 15) is 9.90 Å². The lowest BCUT2D eigenvalue weighted by Crippen LogP contribution is -2.58. The number of amides is 1. The van der Waals surface area contributed by atoms with Gasteiger partial charge in [0.1, 0.15) is 12.4 Å². The van der Waals surface area contributed by atoms with E-state index in [0.717, 1.165) is 43.4 Å². The molecule has 1 aliphatic heterocycles. The van der Waals surface area contributed by atoms with Crippen molar-refractivity contribution in [3.8, 4) is 17.6 Å². The van der Waals surface area contributed by atoms with Crippen molar-refractivity contribution < 1.29 is 14.6 Å². The van der Waals surface area contributed by atoms with Crippen LogP contribution < -0.4 is 4.74 Å². The summed E-state index contributed by atoms with van der Waals surface area (Å²) in [5.41, 5.74) is 0.838. The van der Waals surface area contributed by atoms with Crippen molar-refractivity contribution in [2.24, 2.45) is 5.41 Å². The van der Waals surface area contributed by atoms with E-state index in [-0.39, 0.29) is 5.41 Å². The van der Waals surface area contributed by atoms with Gasteiger partial charge in [0.25, 0.3) is 0 Å². The van der Waals surface area contributed by atoms with Crippen molar-refractivity contribution in [3.05, 3.63) is 23.5 Å². The standard InChI is InChI=1S/C22H32N2O3/c1-6-7-8-9-11-18-14-19(17(2)23-15-18)27-16-22(21(3,4)5)12-10-13-24(22)20(25)26/h14-15H,6-8,10,12-13,16H2,1-5H3,(H,25,26)/t22-/m1/s1. The molecule has 1 aromatic rings. The van der Waals surface area contributed by atoms with E-state index in [0.29, 0.717) is 18.9 Å². The molecule has 0 unspecified atom stereocenters. The lowest BCUT2D eigenvalue weighted by molar-refractivity contribution is -0.00393. The van der Waals surface area contributed by atoms with E-state index < -0.39 is 11.6 Å². The van der Waals surface area contributed by atoms with E-state index in [2.05, 4.69) is 44.5 Å². The van der Waals surface area contributed by atoms with E-state index in [1.165, 1.54) is 0 Å². The number of carbonyl (C=O) groups is 1. The van der Waals surface area contributed by atoms with Crippen molar-refractivity contribution >= 4 is 6.09 Å². The first-order chi connectivity index (χ1) is 12.7. The maximum absolute atomic E-state index is 11.8. The van der Waals surface area contributed by atoms with E-state index >= 15 is 0 Å². The first-order valence-corrected chi connectivity index (χ1v) is 9.80. The Hall–Kier alpha value is -2.22. The SMILES string of the molecule is CCCCC#Cc1cnc(C)c(OC[C@@]2(C(C)(C)C)CCCN2C(=O)O)c1. The fourth-order valence-electron chi connectivity index (χ4n) is 3.66. The fraction of sp³-hybridized carbons (Fsp3) is 0.636. The van der Waals surface area contributed by atoms with Gasteiger partial charge in [0.15, 0.2) is 0 Å². The van der Waals surface area contributed by atoms with Crippen LogP contribution in [-0.4, -0.2) is 39.8 Å². The summed E-state index contributed by atoms with van der Waals surface area (Å²) in [6, 6.07) is 1.91. The molecule has 27 heavy (non-hydrogen) atoms. The van der Waals surface area contributed by atoms with Gasteiger partial charge >= 0.3 is 6.09 Å². The zero-order chi connectivity index (χ0) is 20.1. The van der Waals surface area contributed by atoms with Crippen molar-refractivity contribution in [2.75, 3.05) is 13.2 Å². The molecule has 5 nitrogen and oxygen atoms in total. The normalized spacial score (nSPS) is 19.5. The largest absolute Gasteiger partial charge is 0.489 e. The molecule has 0 bridgehead atoms. The molecular weight excluding hydrogens is 340 g/mol. The van der Waals surface area contributed by atoms with E-state index in [1.807, 2.05) is 13.0 Å². The number of aryl methyl sites for hydroxylation is 1. The van der Waals surface area contributed by atoms with Crippen LogP contribution in [0.25, 0.3) is 0 Å². The van der Waals surface area contributed by atoms with Crippen LogP contribution in [0.4, 0.5) is 4.79 Å².